The second-order valence-corrected chi connectivity index (χ2v) is 6.76. The number of aryl methyl sites for hydroxylation is 1. The molecule has 1 unspecified atom stereocenters. The standard InChI is InChI=1S/C15H24N4O2/c1-6-7-19-12-11(13(20)18-14(19)21)16-10(17-12)8-9(2)15(3,4)5/h9H,6-8H2,1-5H3,(H,16,17)(H,18,20,21). The zero-order chi connectivity index (χ0) is 15.8. The maximum Gasteiger partial charge on any atom is 0.330 e. The zero-order valence-electron chi connectivity index (χ0n) is 13.4. The van der Waals surface area contributed by atoms with Crippen LogP contribution in [-0.2, 0) is 13.0 Å². The molecule has 2 heterocycles. The summed E-state index contributed by atoms with van der Waals surface area (Å²) in [6.07, 6.45) is 1.56. The predicted molar refractivity (Wildman–Crippen MR) is 83.6 cm³/mol. The number of H-pyrrole nitrogens is 2. The quantitative estimate of drug-likeness (QED) is 0.904. The van der Waals surface area contributed by atoms with Crippen molar-refractivity contribution in [2.24, 2.45) is 11.3 Å². The monoisotopic (exact) mass is 292 g/mol. The van der Waals surface area contributed by atoms with Crippen molar-refractivity contribution in [3.05, 3.63) is 26.7 Å². The Balaban J connectivity index is 2.51. The van der Waals surface area contributed by atoms with Gasteiger partial charge in [-0.1, -0.05) is 34.6 Å². The van der Waals surface area contributed by atoms with Crippen LogP contribution in [0.2, 0.25) is 0 Å². The number of rotatable bonds is 4. The Bertz CT molecular complexity index is 746. The first-order valence-corrected chi connectivity index (χ1v) is 7.45. The number of aromatic amines is 2. The lowest BCUT2D eigenvalue weighted by Crippen LogP contribution is -2.30. The van der Waals surface area contributed by atoms with Crippen LogP contribution in [0, 0.1) is 11.3 Å². The van der Waals surface area contributed by atoms with Crippen molar-refractivity contribution in [3.63, 3.8) is 0 Å². The highest BCUT2D eigenvalue weighted by atomic mass is 16.2. The van der Waals surface area contributed by atoms with Crippen LogP contribution in [0.1, 0.15) is 46.9 Å². The van der Waals surface area contributed by atoms with Gasteiger partial charge in [-0.15, -0.1) is 0 Å². The summed E-state index contributed by atoms with van der Waals surface area (Å²) >= 11 is 0. The van der Waals surface area contributed by atoms with Gasteiger partial charge in [-0.05, 0) is 17.8 Å². The molecule has 0 aliphatic heterocycles. The largest absolute Gasteiger partial charge is 0.336 e. The van der Waals surface area contributed by atoms with E-state index in [-0.39, 0.29) is 5.41 Å². The summed E-state index contributed by atoms with van der Waals surface area (Å²) in [7, 11) is 0. The van der Waals surface area contributed by atoms with Gasteiger partial charge < -0.3 is 4.98 Å². The van der Waals surface area contributed by atoms with E-state index in [1.54, 1.807) is 0 Å². The molecule has 0 aromatic carbocycles. The Morgan fingerprint density at radius 1 is 1.24 bits per heavy atom. The van der Waals surface area contributed by atoms with Gasteiger partial charge >= 0.3 is 5.69 Å². The first kappa shape index (κ1) is 15.5. The van der Waals surface area contributed by atoms with Crippen molar-refractivity contribution in [1.82, 2.24) is 19.5 Å². The predicted octanol–water partition coefficient (Wildman–Crippen LogP) is 2.05. The third-order valence-corrected chi connectivity index (χ3v) is 4.11. The average Bonchev–Trinajstić information content (AvgIpc) is 2.77. The first-order valence-electron chi connectivity index (χ1n) is 7.45. The molecule has 6 heteroatoms. The molecule has 2 N–H and O–H groups in total. The van der Waals surface area contributed by atoms with Gasteiger partial charge in [0.05, 0.1) is 0 Å². The molecular formula is C15H24N4O2. The van der Waals surface area contributed by atoms with Gasteiger partial charge in [0.2, 0.25) is 0 Å². The van der Waals surface area contributed by atoms with Crippen LogP contribution in [-0.4, -0.2) is 19.5 Å². The highest BCUT2D eigenvalue weighted by Crippen LogP contribution is 2.27. The maximum atomic E-state index is 11.9. The minimum absolute atomic E-state index is 0.161. The molecule has 0 amide bonds. The van der Waals surface area contributed by atoms with Crippen molar-refractivity contribution in [1.29, 1.82) is 0 Å². The van der Waals surface area contributed by atoms with Crippen molar-refractivity contribution in [2.75, 3.05) is 0 Å². The smallest absolute Gasteiger partial charge is 0.330 e. The fourth-order valence-corrected chi connectivity index (χ4v) is 2.21. The first-order chi connectivity index (χ1) is 9.74. The lowest BCUT2D eigenvalue weighted by atomic mass is 9.80. The third-order valence-electron chi connectivity index (χ3n) is 4.11. The molecule has 2 aromatic rings. The van der Waals surface area contributed by atoms with Crippen molar-refractivity contribution in [2.45, 2.75) is 54.0 Å². The van der Waals surface area contributed by atoms with Crippen molar-refractivity contribution in [3.8, 4) is 0 Å². The third kappa shape index (κ3) is 3.09. The van der Waals surface area contributed by atoms with Crippen LogP contribution >= 0.6 is 0 Å². The SMILES string of the molecule is CCCn1c(=O)[nH]c(=O)c2[nH]c(CC(C)C(C)(C)C)nc21. The molecule has 1 atom stereocenters. The van der Waals surface area contributed by atoms with Gasteiger partial charge in [0.15, 0.2) is 5.65 Å². The van der Waals surface area contributed by atoms with E-state index in [1.165, 1.54) is 4.57 Å². The lowest BCUT2D eigenvalue weighted by molar-refractivity contribution is 0.257. The van der Waals surface area contributed by atoms with E-state index in [0.29, 0.717) is 23.6 Å². The van der Waals surface area contributed by atoms with Crippen LogP contribution < -0.4 is 11.2 Å². The molecule has 0 saturated heterocycles. The number of nitrogens with zero attached hydrogens (tertiary/aromatic N) is 2. The zero-order valence-corrected chi connectivity index (χ0v) is 13.4. The minimum Gasteiger partial charge on any atom is -0.336 e. The van der Waals surface area contributed by atoms with E-state index in [2.05, 4.69) is 42.6 Å². The summed E-state index contributed by atoms with van der Waals surface area (Å²) in [4.78, 5) is 33.7. The molecule has 0 fully saturated rings. The van der Waals surface area contributed by atoms with E-state index in [9.17, 15) is 9.59 Å². The maximum absolute atomic E-state index is 11.9. The molecule has 0 aliphatic rings. The molecular weight excluding hydrogens is 268 g/mol. The van der Waals surface area contributed by atoms with Gasteiger partial charge in [0.25, 0.3) is 5.56 Å². The van der Waals surface area contributed by atoms with E-state index in [1.807, 2.05) is 6.92 Å². The molecule has 0 spiro atoms. The van der Waals surface area contributed by atoms with Gasteiger partial charge in [0, 0.05) is 13.0 Å². The fraction of sp³-hybridized carbons (Fsp3) is 0.667. The molecule has 0 radical (unpaired) electrons. The topological polar surface area (TPSA) is 83.5 Å². The number of fused-ring (bicyclic) bond motifs is 1. The van der Waals surface area contributed by atoms with Gasteiger partial charge in [0.1, 0.15) is 11.3 Å². The van der Waals surface area contributed by atoms with E-state index in [0.717, 1.165) is 18.7 Å². The Morgan fingerprint density at radius 2 is 1.90 bits per heavy atom. The number of hydrogen-bond acceptors (Lipinski definition) is 3. The second-order valence-electron chi connectivity index (χ2n) is 6.76. The van der Waals surface area contributed by atoms with Gasteiger partial charge in [-0.2, -0.15) is 0 Å². The van der Waals surface area contributed by atoms with Crippen LogP contribution in [0.25, 0.3) is 11.2 Å². The number of nitrogens with one attached hydrogen (secondary N) is 2. The van der Waals surface area contributed by atoms with Crippen LogP contribution in [0.4, 0.5) is 0 Å². The molecule has 2 rings (SSSR count). The molecule has 21 heavy (non-hydrogen) atoms. The van der Waals surface area contributed by atoms with Crippen LogP contribution in [0.5, 0.6) is 0 Å². The summed E-state index contributed by atoms with van der Waals surface area (Å²) in [5.41, 5.74) is 0.218. The van der Waals surface area contributed by atoms with Crippen LogP contribution in [0.15, 0.2) is 9.59 Å². The van der Waals surface area contributed by atoms with Crippen molar-refractivity contribution < 1.29 is 0 Å². The molecule has 0 aliphatic carbocycles. The summed E-state index contributed by atoms with van der Waals surface area (Å²) in [5, 5.41) is 0. The summed E-state index contributed by atoms with van der Waals surface area (Å²) in [6, 6.07) is 0. The van der Waals surface area contributed by atoms with E-state index in [4.69, 9.17) is 0 Å². The summed E-state index contributed by atoms with van der Waals surface area (Å²) < 4.78 is 1.53. The number of aromatic nitrogens is 4. The Kier molecular flexibility index (Phi) is 4.07. The molecule has 116 valence electrons. The molecule has 0 saturated carbocycles. The summed E-state index contributed by atoms with van der Waals surface area (Å²) in [6.45, 7) is 11.2. The molecule has 6 nitrogen and oxygen atoms in total. The number of hydrogen-bond donors (Lipinski definition) is 2. The Morgan fingerprint density at radius 3 is 2.48 bits per heavy atom. The summed E-state index contributed by atoms with van der Waals surface area (Å²) in [5.74, 6) is 1.16. The number of imidazole rings is 1. The second kappa shape index (κ2) is 5.50. The van der Waals surface area contributed by atoms with E-state index >= 15 is 0 Å². The molecule has 2 aromatic heterocycles. The normalized spacial score (nSPS) is 13.8. The van der Waals surface area contributed by atoms with Crippen LogP contribution in [0.3, 0.4) is 0 Å². The Labute approximate surface area is 123 Å². The highest BCUT2D eigenvalue weighted by molar-refractivity contribution is 5.69. The molecule has 0 bridgehead atoms. The van der Waals surface area contributed by atoms with Gasteiger partial charge in [-0.3, -0.25) is 14.3 Å². The van der Waals surface area contributed by atoms with E-state index < -0.39 is 11.2 Å². The highest BCUT2D eigenvalue weighted by Gasteiger charge is 2.22. The minimum atomic E-state index is -0.399. The lowest BCUT2D eigenvalue weighted by Gasteiger charge is -2.26. The Hall–Kier alpha value is -1.85. The van der Waals surface area contributed by atoms with Gasteiger partial charge in [-0.25, -0.2) is 9.78 Å². The van der Waals surface area contributed by atoms with Crippen molar-refractivity contribution >= 4 is 11.2 Å². The fourth-order valence-electron chi connectivity index (χ4n) is 2.21. The average molecular weight is 292 g/mol.